The Labute approximate surface area is 160 Å². The van der Waals surface area contributed by atoms with Gasteiger partial charge in [-0.1, -0.05) is 28.9 Å². The van der Waals surface area contributed by atoms with E-state index in [0.29, 0.717) is 34.8 Å². The van der Waals surface area contributed by atoms with Crippen LogP contribution in [0.1, 0.15) is 12.8 Å². The van der Waals surface area contributed by atoms with Gasteiger partial charge in [-0.05, 0) is 31.2 Å². The van der Waals surface area contributed by atoms with Gasteiger partial charge in [0.05, 0.1) is 12.3 Å². The van der Waals surface area contributed by atoms with Gasteiger partial charge in [0.15, 0.2) is 6.61 Å². The molecule has 2 aromatic carbocycles. The van der Waals surface area contributed by atoms with Gasteiger partial charge in [-0.3, -0.25) is 9.69 Å². The minimum atomic E-state index is -0.192. The lowest BCUT2D eigenvalue weighted by atomic mass is 10.2. The molecule has 0 aliphatic carbocycles. The summed E-state index contributed by atoms with van der Waals surface area (Å²) in [7, 11) is 0. The van der Waals surface area contributed by atoms with Crippen LogP contribution in [-0.4, -0.2) is 29.3 Å². The van der Waals surface area contributed by atoms with Crippen LogP contribution >= 0.6 is 11.6 Å². The first-order valence-electron chi connectivity index (χ1n) is 8.42. The van der Waals surface area contributed by atoms with E-state index in [-0.39, 0.29) is 19.1 Å². The Morgan fingerprint density at radius 3 is 3.00 bits per heavy atom. The molecular formula is C19H16ClN3O4. The SMILES string of the molecule is CCOc1cccc(-c2noc(CN3C(=O)COc4cc(Cl)ccc43)n2)c1. The molecule has 27 heavy (non-hydrogen) atoms. The number of nitrogens with zero attached hydrogens (tertiary/aromatic N) is 3. The summed E-state index contributed by atoms with van der Waals surface area (Å²) in [6.07, 6.45) is 0. The molecule has 2 heterocycles. The second-order valence-corrected chi connectivity index (χ2v) is 6.29. The first kappa shape index (κ1) is 17.4. The number of aromatic nitrogens is 2. The van der Waals surface area contributed by atoms with Crippen molar-refractivity contribution in [1.82, 2.24) is 10.1 Å². The summed E-state index contributed by atoms with van der Waals surface area (Å²) in [5.74, 6) is 1.84. The molecule has 1 aliphatic rings. The summed E-state index contributed by atoms with van der Waals surface area (Å²) in [4.78, 5) is 18.3. The molecule has 1 aromatic heterocycles. The van der Waals surface area contributed by atoms with Gasteiger partial charge in [-0.25, -0.2) is 0 Å². The number of fused-ring (bicyclic) bond motifs is 1. The lowest BCUT2D eigenvalue weighted by molar-refractivity contribution is -0.121. The van der Waals surface area contributed by atoms with Crippen LogP contribution in [0, 0.1) is 0 Å². The van der Waals surface area contributed by atoms with Crippen LogP contribution in [0.2, 0.25) is 5.02 Å². The van der Waals surface area contributed by atoms with E-state index in [9.17, 15) is 4.79 Å². The van der Waals surface area contributed by atoms with Gasteiger partial charge in [0.25, 0.3) is 5.91 Å². The maximum atomic E-state index is 12.3. The van der Waals surface area contributed by atoms with Crippen molar-refractivity contribution in [2.45, 2.75) is 13.5 Å². The van der Waals surface area contributed by atoms with Crippen molar-refractivity contribution in [3.05, 3.63) is 53.4 Å². The van der Waals surface area contributed by atoms with E-state index in [2.05, 4.69) is 10.1 Å². The molecule has 0 N–H and O–H groups in total. The zero-order chi connectivity index (χ0) is 18.8. The summed E-state index contributed by atoms with van der Waals surface area (Å²) >= 11 is 5.99. The van der Waals surface area contributed by atoms with Gasteiger partial charge in [0, 0.05) is 16.7 Å². The molecule has 0 spiro atoms. The highest BCUT2D eigenvalue weighted by Crippen LogP contribution is 2.35. The maximum Gasteiger partial charge on any atom is 0.265 e. The van der Waals surface area contributed by atoms with Crippen molar-refractivity contribution in [3.8, 4) is 22.9 Å². The summed E-state index contributed by atoms with van der Waals surface area (Å²) < 4.78 is 16.3. The minimum Gasteiger partial charge on any atom is -0.494 e. The fourth-order valence-electron chi connectivity index (χ4n) is 2.81. The molecule has 0 radical (unpaired) electrons. The number of amides is 1. The van der Waals surface area contributed by atoms with Gasteiger partial charge in [-0.2, -0.15) is 4.98 Å². The van der Waals surface area contributed by atoms with Gasteiger partial charge in [0.1, 0.15) is 18.0 Å². The molecule has 0 saturated heterocycles. The lowest BCUT2D eigenvalue weighted by Gasteiger charge is -2.28. The van der Waals surface area contributed by atoms with Crippen LogP contribution in [0.15, 0.2) is 47.0 Å². The van der Waals surface area contributed by atoms with E-state index in [1.54, 1.807) is 23.1 Å². The molecule has 1 aliphatic heterocycles. The molecule has 138 valence electrons. The fraction of sp³-hybridized carbons (Fsp3) is 0.211. The van der Waals surface area contributed by atoms with Crippen LogP contribution in [0.25, 0.3) is 11.4 Å². The second kappa shape index (κ2) is 7.28. The Kier molecular flexibility index (Phi) is 4.68. The smallest absolute Gasteiger partial charge is 0.265 e. The number of ether oxygens (including phenoxy) is 2. The molecule has 0 saturated carbocycles. The maximum absolute atomic E-state index is 12.3. The van der Waals surface area contributed by atoms with Crippen molar-refractivity contribution in [2.75, 3.05) is 18.1 Å². The zero-order valence-corrected chi connectivity index (χ0v) is 15.3. The van der Waals surface area contributed by atoms with E-state index < -0.39 is 0 Å². The molecular weight excluding hydrogens is 370 g/mol. The van der Waals surface area contributed by atoms with Gasteiger partial charge >= 0.3 is 0 Å². The van der Waals surface area contributed by atoms with E-state index in [1.807, 2.05) is 31.2 Å². The number of halogens is 1. The fourth-order valence-corrected chi connectivity index (χ4v) is 2.98. The summed E-state index contributed by atoms with van der Waals surface area (Å²) in [6, 6.07) is 12.5. The molecule has 8 heteroatoms. The predicted molar refractivity (Wildman–Crippen MR) is 99.0 cm³/mol. The predicted octanol–water partition coefficient (Wildman–Crippen LogP) is 3.71. The number of hydrogen-bond donors (Lipinski definition) is 0. The number of benzene rings is 2. The average molecular weight is 386 g/mol. The Bertz CT molecular complexity index is 989. The van der Waals surface area contributed by atoms with Crippen molar-refractivity contribution in [2.24, 2.45) is 0 Å². The quantitative estimate of drug-likeness (QED) is 0.666. The monoisotopic (exact) mass is 385 g/mol. The Morgan fingerprint density at radius 1 is 1.26 bits per heavy atom. The highest BCUT2D eigenvalue weighted by molar-refractivity contribution is 6.30. The van der Waals surface area contributed by atoms with Crippen molar-refractivity contribution < 1.29 is 18.8 Å². The second-order valence-electron chi connectivity index (χ2n) is 5.85. The molecule has 0 atom stereocenters. The Balaban J connectivity index is 1.58. The third-order valence-corrected chi connectivity index (χ3v) is 4.26. The average Bonchev–Trinajstić information content (AvgIpc) is 3.13. The van der Waals surface area contributed by atoms with E-state index in [4.69, 9.17) is 25.6 Å². The summed E-state index contributed by atoms with van der Waals surface area (Å²) in [5, 5.41) is 4.56. The molecule has 0 bridgehead atoms. The van der Waals surface area contributed by atoms with Gasteiger partial charge < -0.3 is 14.0 Å². The topological polar surface area (TPSA) is 77.7 Å². The molecule has 7 nitrogen and oxygen atoms in total. The molecule has 1 amide bonds. The van der Waals surface area contributed by atoms with Crippen LogP contribution < -0.4 is 14.4 Å². The standard InChI is InChI=1S/C19H16ClN3O4/c1-2-25-14-5-3-4-12(8-14)19-21-17(27-22-19)10-23-15-7-6-13(20)9-16(15)26-11-18(23)24/h3-9H,2,10-11H2,1H3. The summed E-state index contributed by atoms with van der Waals surface area (Å²) in [6.45, 7) is 2.58. The highest BCUT2D eigenvalue weighted by atomic mass is 35.5. The van der Waals surface area contributed by atoms with Crippen molar-refractivity contribution in [3.63, 3.8) is 0 Å². The minimum absolute atomic E-state index is 0.0647. The third kappa shape index (κ3) is 3.59. The van der Waals surface area contributed by atoms with Crippen LogP contribution in [0.5, 0.6) is 11.5 Å². The van der Waals surface area contributed by atoms with Crippen molar-refractivity contribution in [1.29, 1.82) is 0 Å². The number of carbonyl (C=O) groups excluding carboxylic acids is 1. The largest absolute Gasteiger partial charge is 0.494 e. The van der Waals surface area contributed by atoms with E-state index >= 15 is 0 Å². The normalized spacial score (nSPS) is 13.3. The molecule has 4 rings (SSSR count). The zero-order valence-electron chi connectivity index (χ0n) is 14.5. The van der Waals surface area contributed by atoms with E-state index in [1.165, 1.54) is 0 Å². The van der Waals surface area contributed by atoms with Gasteiger partial charge in [0.2, 0.25) is 11.7 Å². The van der Waals surface area contributed by atoms with Crippen LogP contribution in [-0.2, 0) is 11.3 Å². The Hall–Kier alpha value is -3.06. The first-order valence-corrected chi connectivity index (χ1v) is 8.80. The van der Waals surface area contributed by atoms with Crippen LogP contribution in [0.4, 0.5) is 5.69 Å². The van der Waals surface area contributed by atoms with Crippen LogP contribution in [0.3, 0.4) is 0 Å². The van der Waals surface area contributed by atoms with Gasteiger partial charge in [-0.15, -0.1) is 0 Å². The number of rotatable bonds is 5. The first-order chi connectivity index (χ1) is 13.1. The summed E-state index contributed by atoms with van der Waals surface area (Å²) in [5.41, 5.74) is 1.39. The molecule has 0 unspecified atom stereocenters. The molecule has 3 aromatic rings. The molecule has 0 fully saturated rings. The third-order valence-electron chi connectivity index (χ3n) is 4.03. The Morgan fingerprint density at radius 2 is 2.15 bits per heavy atom. The number of hydrogen-bond acceptors (Lipinski definition) is 6. The lowest BCUT2D eigenvalue weighted by Crippen LogP contribution is -2.38. The van der Waals surface area contributed by atoms with Crippen molar-refractivity contribution >= 4 is 23.2 Å². The highest BCUT2D eigenvalue weighted by Gasteiger charge is 2.27. The number of anilines is 1. The number of carbonyl (C=O) groups is 1. The van der Waals surface area contributed by atoms with E-state index in [0.717, 1.165) is 11.3 Å².